The molecule has 4 heterocycles. The van der Waals surface area contributed by atoms with Crippen LogP contribution in [0.4, 0.5) is 11.8 Å². The van der Waals surface area contributed by atoms with Crippen molar-refractivity contribution in [1.82, 2.24) is 29.7 Å². The average Bonchev–Trinajstić information content (AvgIpc) is 3.53. The van der Waals surface area contributed by atoms with E-state index < -0.39 is 0 Å². The summed E-state index contributed by atoms with van der Waals surface area (Å²) < 4.78 is 1.79. The van der Waals surface area contributed by atoms with E-state index in [0.29, 0.717) is 53.9 Å². The van der Waals surface area contributed by atoms with Crippen LogP contribution in [-0.2, 0) is 13.1 Å². The van der Waals surface area contributed by atoms with Crippen LogP contribution in [0.3, 0.4) is 0 Å². The minimum Gasteiger partial charge on any atom is -0.371 e. The Morgan fingerprint density at radius 3 is 2.47 bits per heavy atom. The number of fused-ring (bicyclic) bond motifs is 2. The molecule has 0 bridgehead atoms. The number of rotatable bonds is 7. The zero-order valence-corrected chi connectivity index (χ0v) is 24.3. The van der Waals surface area contributed by atoms with Gasteiger partial charge in [-0.3, -0.25) is 23.9 Å². The number of anilines is 2. The number of piperidine rings is 1. The molecule has 2 aliphatic rings. The summed E-state index contributed by atoms with van der Waals surface area (Å²) in [6.45, 7) is 5.10. The van der Waals surface area contributed by atoms with E-state index in [0.717, 1.165) is 23.0 Å². The van der Waals surface area contributed by atoms with Crippen LogP contribution >= 0.6 is 0 Å². The van der Waals surface area contributed by atoms with Crippen molar-refractivity contribution in [2.45, 2.75) is 45.8 Å². The molecular formula is C32H32N8O3. The molecule has 4 aromatic rings. The van der Waals surface area contributed by atoms with Gasteiger partial charge in [-0.2, -0.15) is 4.98 Å². The van der Waals surface area contributed by atoms with Crippen LogP contribution in [0, 0.1) is 18.8 Å². The van der Waals surface area contributed by atoms with Gasteiger partial charge >= 0.3 is 0 Å². The zero-order valence-electron chi connectivity index (χ0n) is 24.3. The molecule has 11 heteroatoms. The van der Waals surface area contributed by atoms with E-state index in [-0.39, 0.29) is 36.9 Å². The molecule has 2 aliphatic heterocycles. The number of nitrogens with one attached hydrogen (secondary N) is 2. The van der Waals surface area contributed by atoms with E-state index in [1.807, 2.05) is 36.1 Å². The summed E-state index contributed by atoms with van der Waals surface area (Å²) in [5.74, 6) is 6.56. The Balaban J connectivity index is 1.27. The van der Waals surface area contributed by atoms with Gasteiger partial charge in [-0.25, -0.2) is 9.97 Å². The first kappa shape index (κ1) is 27.9. The highest BCUT2D eigenvalue weighted by Crippen LogP contribution is 2.31. The highest BCUT2D eigenvalue weighted by atomic mass is 16.2. The number of imidazole rings is 1. The molecule has 0 aliphatic carbocycles. The van der Waals surface area contributed by atoms with Crippen LogP contribution in [0.25, 0.3) is 10.9 Å². The normalized spacial score (nSPS) is 16.2. The monoisotopic (exact) mass is 576 g/mol. The maximum absolute atomic E-state index is 13.7. The number of carbonyl (C=O) groups excluding carboxylic acids is 3. The molecule has 1 saturated heterocycles. The topological polar surface area (TPSA) is 125 Å². The number of nitrogens with zero attached hydrogens (tertiary/aromatic N) is 6. The number of aromatic nitrogens is 4. The van der Waals surface area contributed by atoms with Gasteiger partial charge in [0.05, 0.1) is 35.8 Å². The van der Waals surface area contributed by atoms with Crippen molar-refractivity contribution in [3.8, 4) is 11.8 Å². The van der Waals surface area contributed by atoms with Crippen LogP contribution in [0.1, 0.15) is 62.5 Å². The van der Waals surface area contributed by atoms with Crippen molar-refractivity contribution >= 4 is 40.4 Å². The number of hydrogen-bond acceptors (Lipinski definition) is 8. The van der Waals surface area contributed by atoms with Crippen molar-refractivity contribution in [3.63, 3.8) is 0 Å². The predicted molar refractivity (Wildman–Crippen MR) is 163 cm³/mol. The van der Waals surface area contributed by atoms with E-state index in [9.17, 15) is 14.4 Å². The van der Waals surface area contributed by atoms with Gasteiger partial charge in [0.25, 0.3) is 17.7 Å². The summed E-state index contributed by atoms with van der Waals surface area (Å²) >= 11 is 0. The lowest BCUT2D eigenvalue weighted by Crippen LogP contribution is -2.50. The standard InChI is InChI=1S/C32H32N8O3/c1-4-5-17-39-27(29(41)34-18-26-35-20(2)22-12-8-9-15-25(22)36-26)28(33-3)37-32(39)38-16-10-11-21(19-38)40-30(42)23-13-6-7-14-24(23)31(40)43/h6-9,12-15,21,33H,10-11,16-19H2,1-3H3,(H,34,41). The number of imide groups is 1. The molecule has 2 N–H and O–H groups in total. The lowest BCUT2D eigenvalue weighted by atomic mass is 10.0. The summed E-state index contributed by atoms with van der Waals surface area (Å²) in [5.41, 5.74) is 2.87. The van der Waals surface area contributed by atoms with E-state index in [2.05, 4.69) is 32.4 Å². The molecule has 2 aromatic carbocycles. The fourth-order valence-electron chi connectivity index (χ4n) is 5.90. The zero-order chi connectivity index (χ0) is 30.1. The van der Waals surface area contributed by atoms with Crippen molar-refractivity contribution in [2.24, 2.45) is 0 Å². The van der Waals surface area contributed by atoms with Crippen LogP contribution in [0.5, 0.6) is 0 Å². The Morgan fingerprint density at radius 1 is 1.02 bits per heavy atom. The van der Waals surface area contributed by atoms with Crippen LogP contribution in [0.2, 0.25) is 0 Å². The number of amides is 3. The Labute approximate surface area is 249 Å². The molecule has 11 nitrogen and oxygen atoms in total. The second-order valence-electron chi connectivity index (χ2n) is 10.6. The molecule has 6 rings (SSSR count). The lowest BCUT2D eigenvalue weighted by molar-refractivity contribution is 0.0569. The molecule has 1 atom stereocenters. The first-order valence-electron chi connectivity index (χ1n) is 14.3. The lowest BCUT2D eigenvalue weighted by Gasteiger charge is -2.37. The summed E-state index contributed by atoms with van der Waals surface area (Å²) in [6, 6.07) is 14.4. The van der Waals surface area contributed by atoms with Gasteiger partial charge in [-0.1, -0.05) is 36.3 Å². The van der Waals surface area contributed by atoms with Crippen molar-refractivity contribution < 1.29 is 14.4 Å². The SMILES string of the molecule is CC#CCn1c(N2CCCC(N3C(=O)c4ccccc4C3=O)C2)nc(NC)c1C(=O)NCc1nc(C)c2ccccc2n1. The minimum absolute atomic E-state index is 0.138. The maximum Gasteiger partial charge on any atom is 0.272 e. The van der Waals surface area contributed by atoms with Gasteiger partial charge in [0.15, 0.2) is 11.5 Å². The molecule has 3 amide bonds. The third kappa shape index (κ3) is 5.05. The van der Waals surface area contributed by atoms with E-state index in [4.69, 9.17) is 4.98 Å². The van der Waals surface area contributed by atoms with Crippen LogP contribution < -0.4 is 15.5 Å². The van der Waals surface area contributed by atoms with Gasteiger partial charge in [-0.05, 0) is 44.9 Å². The van der Waals surface area contributed by atoms with Crippen LogP contribution in [-0.4, -0.2) is 68.3 Å². The number of carbonyl (C=O) groups is 3. The average molecular weight is 577 g/mol. The molecule has 0 radical (unpaired) electrons. The molecule has 1 fully saturated rings. The first-order chi connectivity index (χ1) is 20.9. The fraction of sp³-hybridized carbons (Fsp3) is 0.312. The molecule has 1 unspecified atom stereocenters. The van der Waals surface area contributed by atoms with Gasteiger partial charge in [0.1, 0.15) is 5.82 Å². The van der Waals surface area contributed by atoms with E-state index in [1.54, 1.807) is 42.8 Å². The second-order valence-corrected chi connectivity index (χ2v) is 10.6. The predicted octanol–water partition coefficient (Wildman–Crippen LogP) is 3.39. The smallest absolute Gasteiger partial charge is 0.272 e. The number of benzene rings is 2. The van der Waals surface area contributed by atoms with Crippen molar-refractivity contribution in [1.29, 1.82) is 0 Å². The Kier molecular flexibility index (Phi) is 7.50. The Morgan fingerprint density at radius 2 is 1.74 bits per heavy atom. The van der Waals surface area contributed by atoms with Gasteiger partial charge in [0.2, 0.25) is 5.95 Å². The highest BCUT2D eigenvalue weighted by molar-refractivity contribution is 6.21. The summed E-state index contributed by atoms with van der Waals surface area (Å²) in [5, 5.41) is 6.99. The summed E-state index contributed by atoms with van der Waals surface area (Å²) in [7, 11) is 1.71. The Bertz CT molecular complexity index is 1780. The van der Waals surface area contributed by atoms with Crippen molar-refractivity contribution in [3.05, 3.63) is 76.9 Å². The Hall–Kier alpha value is -5.24. The van der Waals surface area contributed by atoms with E-state index >= 15 is 0 Å². The molecular weight excluding hydrogens is 544 g/mol. The number of hydrogen-bond donors (Lipinski definition) is 2. The van der Waals surface area contributed by atoms with Crippen molar-refractivity contribution in [2.75, 3.05) is 30.4 Å². The highest BCUT2D eigenvalue weighted by Gasteiger charge is 2.42. The molecule has 43 heavy (non-hydrogen) atoms. The molecule has 0 spiro atoms. The third-order valence-electron chi connectivity index (χ3n) is 7.93. The second kappa shape index (κ2) is 11.6. The summed E-state index contributed by atoms with van der Waals surface area (Å²) in [6.07, 6.45) is 1.44. The molecule has 218 valence electrons. The number of aryl methyl sites for hydroxylation is 1. The third-order valence-corrected chi connectivity index (χ3v) is 7.93. The minimum atomic E-state index is -0.343. The van der Waals surface area contributed by atoms with Gasteiger partial charge in [0, 0.05) is 31.2 Å². The molecule has 0 saturated carbocycles. The quantitative estimate of drug-likeness (QED) is 0.253. The van der Waals surface area contributed by atoms with Crippen LogP contribution in [0.15, 0.2) is 48.5 Å². The maximum atomic E-state index is 13.7. The number of para-hydroxylation sites is 1. The van der Waals surface area contributed by atoms with E-state index in [1.165, 1.54) is 4.90 Å². The first-order valence-corrected chi connectivity index (χ1v) is 14.3. The summed E-state index contributed by atoms with van der Waals surface area (Å²) in [4.78, 5) is 57.5. The fourth-order valence-corrected chi connectivity index (χ4v) is 5.90. The molecule has 2 aromatic heterocycles. The largest absolute Gasteiger partial charge is 0.371 e. The van der Waals surface area contributed by atoms with Gasteiger partial charge < -0.3 is 15.5 Å². The van der Waals surface area contributed by atoms with Gasteiger partial charge in [-0.15, -0.1) is 5.92 Å².